The molecule has 2 rings (SSSR count). The third kappa shape index (κ3) is 2.91. The minimum absolute atomic E-state index is 0.510. The van der Waals surface area contributed by atoms with Crippen LogP contribution in [0.5, 0.6) is 0 Å². The van der Waals surface area contributed by atoms with E-state index >= 15 is 0 Å². The van der Waals surface area contributed by atoms with Gasteiger partial charge in [0.25, 0.3) is 0 Å². The fraction of sp³-hybridized carbons (Fsp3) is 0.533. The second-order valence-corrected chi connectivity index (χ2v) is 5.54. The summed E-state index contributed by atoms with van der Waals surface area (Å²) in [6.07, 6.45) is 2.03. The summed E-state index contributed by atoms with van der Waals surface area (Å²) in [5.74, 6) is 2.22. The Morgan fingerprint density at radius 3 is 2.72 bits per heavy atom. The predicted octanol–water partition coefficient (Wildman–Crippen LogP) is 3.21. The maximum absolute atomic E-state index is 5.62. The van der Waals surface area contributed by atoms with Crippen molar-refractivity contribution in [2.24, 2.45) is 11.7 Å². The van der Waals surface area contributed by atoms with Crippen LogP contribution in [0.4, 0.5) is 0 Å². The normalized spacial score (nSPS) is 13.4. The molecule has 0 spiro atoms. The molecule has 3 N–H and O–H groups in total. The van der Waals surface area contributed by atoms with Crippen molar-refractivity contribution in [1.82, 2.24) is 9.97 Å². The van der Waals surface area contributed by atoms with Crippen molar-refractivity contribution in [2.75, 3.05) is 6.54 Å². The van der Waals surface area contributed by atoms with Gasteiger partial charge in [0.2, 0.25) is 0 Å². The number of H-pyrrole nitrogens is 1. The quantitative estimate of drug-likeness (QED) is 0.849. The number of nitrogens with two attached hydrogens (primary N) is 1. The van der Waals surface area contributed by atoms with E-state index in [1.54, 1.807) is 0 Å². The summed E-state index contributed by atoms with van der Waals surface area (Å²) in [5.41, 5.74) is 9.17. The van der Waals surface area contributed by atoms with Crippen LogP contribution in [0.25, 0.3) is 11.0 Å². The van der Waals surface area contributed by atoms with Crippen molar-refractivity contribution in [3.63, 3.8) is 0 Å². The fourth-order valence-corrected chi connectivity index (χ4v) is 2.29. The summed E-state index contributed by atoms with van der Waals surface area (Å²) in [4.78, 5) is 8.04. The van der Waals surface area contributed by atoms with Gasteiger partial charge in [0.15, 0.2) is 0 Å². The van der Waals surface area contributed by atoms with Crippen LogP contribution >= 0.6 is 0 Å². The molecule has 1 aromatic heterocycles. The van der Waals surface area contributed by atoms with Gasteiger partial charge in [-0.3, -0.25) is 0 Å². The molecule has 0 aliphatic heterocycles. The number of benzene rings is 1. The van der Waals surface area contributed by atoms with Gasteiger partial charge < -0.3 is 10.7 Å². The molecule has 3 nitrogen and oxygen atoms in total. The highest BCUT2D eigenvalue weighted by atomic mass is 14.9. The number of hydrogen-bond acceptors (Lipinski definition) is 2. The van der Waals surface area contributed by atoms with Crippen LogP contribution in [0, 0.1) is 5.92 Å². The summed E-state index contributed by atoms with van der Waals surface area (Å²) in [6, 6.07) is 6.49. The number of aromatic nitrogens is 2. The molecule has 1 aromatic carbocycles. The Labute approximate surface area is 109 Å². The lowest BCUT2D eigenvalue weighted by Gasteiger charge is -2.09. The molecule has 0 amide bonds. The molecule has 0 saturated heterocycles. The highest BCUT2D eigenvalue weighted by molar-refractivity contribution is 5.76. The number of nitrogens with one attached hydrogen (secondary N) is 1. The van der Waals surface area contributed by atoms with E-state index in [2.05, 4.69) is 48.9 Å². The third-order valence-corrected chi connectivity index (χ3v) is 3.33. The van der Waals surface area contributed by atoms with E-state index in [9.17, 15) is 0 Å². The Balaban J connectivity index is 2.27. The van der Waals surface area contributed by atoms with Crippen LogP contribution in [-0.4, -0.2) is 16.5 Å². The molecule has 0 aliphatic rings. The van der Waals surface area contributed by atoms with Crippen molar-refractivity contribution in [3.8, 4) is 0 Å². The third-order valence-electron chi connectivity index (χ3n) is 3.33. The van der Waals surface area contributed by atoms with Crippen LogP contribution in [0.1, 0.15) is 44.5 Å². The van der Waals surface area contributed by atoms with E-state index < -0.39 is 0 Å². The van der Waals surface area contributed by atoms with Crippen molar-refractivity contribution in [2.45, 2.75) is 39.5 Å². The van der Waals surface area contributed by atoms with Gasteiger partial charge in [0.1, 0.15) is 5.82 Å². The Kier molecular flexibility index (Phi) is 4.02. The van der Waals surface area contributed by atoms with Gasteiger partial charge in [-0.15, -0.1) is 0 Å². The van der Waals surface area contributed by atoms with Gasteiger partial charge in [-0.1, -0.05) is 26.8 Å². The van der Waals surface area contributed by atoms with E-state index in [0.717, 1.165) is 36.2 Å². The second kappa shape index (κ2) is 5.53. The first kappa shape index (κ1) is 13.1. The highest BCUT2D eigenvalue weighted by Gasteiger charge is 2.08. The molecule has 3 heteroatoms. The van der Waals surface area contributed by atoms with Crippen LogP contribution in [0.15, 0.2) is 18.2 Å². The predicted molar refractivity (Wildman–Crippen MR) is 76.7 cm³/mol. The van der Waals surface area contributed by atoms with E-state index in [1.807, 2.05) is 0 Å². The first-order valence-electron chi connectivity index (χ1n) is 6.78. The zero-order valence-corrected chi connectivity index (χ0v) is 11.5. The molecular weight excluding hydrogens is 222 g/mol. The van der Waals surface area contributed by atoms with Gasteiger partial charge in [-0.2, -0.15) is 0 Å². The van der Waals surface area contributed by atoms with Crippen molar-refractivity contribution < 1.29 is 0 Å². The van der Waals surface area contributed by atoms with Crippen LogP contribution in [0.3, 0.4) is 0 Å². The number of fused-ring (bicyclic) bond motifs is 1. The number of rotatable bonds is 5. The molecule has 1 atom stereocenters. The summed E-state index contributed by atoms with van der Waals surface area (Å²) >= 11 is 0. The summed E-state index contributed by atoms with van der Waals surface area (Å²) in [7, 11) is 0. The zero-order chi connectivity index (χ0) is 13.1. The van der Waals surface area contributed by atoms with E-state index in [-0.39, 0.29) is 0 Å². The Bertz CT molecular complexity index is 513. The largest absolute Gasteiger partial charge is 0.342 e. The molecule has 18 heavy (non-hydrogen) atoms. The molecule has 0 aliphatic carbocycles. The monoisotopic (exact) mass is 245 g/mol. The van der Waals surface area contributed by atoms with Crippen molar-refractivity contribution in [3.05, 3.63) is 29.6 Å². The molecule has 98 valence electrons. The van der Waals surface area contributed by atoms with Gasteiger partial charge in [-0.25, -0.2) is 4.98 Å². The van der Waals surface area contributed by atoms with Crippen LogP contribution in [-0.2, 0) is 6.42 Å². The fourth-order valence-electron chi connectivity index (χ4n) is 2.29. The van der Waals surface area contributed by atoms with Gasteiger partial charge >= 0.3 is 0 Å². The lowest BCUT2D eigenvalue weighted by molar-refractivity contribution is 0.627. The van der Waals surface area contributed by atoms with Crippen molar-refractivity contribution >= 4 is 11.0 Å². The molecule has 0 radical (unpaired) electrons. The number of nitrogens with zero attached hydrogens (tertiary/aromatic N) is 1. The lowest BCUT2D eigenvalue weighted by atomic mass is 9.97. The molecule has 1 heterocycles. The zero-order valence-electron chi connectivity index (χ0n) is 11.5. The van der Waals surface area contributed by atoms with Gasteiger partial charge in [0.05, 0.1) is 11.0 Å². The Hall–Kier alpha value is -1.35. The van der Waals surface area contributed by atoms with Crippen LogP contribution in [0.2, 0.25) is 0 Å². The van der Waals surface area contributed by atoms with Gasteiger partial charge in [0, 0.05) is 6.42 Å². The Morgan fingerprint density at radius 2 is 2.06 bits per heavy atom. The van der Waals surface area contributed by atoms with E-state index in [0.29, 0.717) is 11.8 Å². The van der Waals surface area contributed by atoms with E-state index in [1.165, 1.54) is 5.56 Å². The number of hydrogen-bond donors (Lipinski definition) is 2. The summed E-state index contributed by atoms with van der Waals surface area (Å²) in [5, 5.41) is 0. The summed E-state index contributed by atoms with van der Waals surface area (Å²) < 4.78 is 0. The average Bonchev–Trinajstić information content (AvgIpc) is 2.69. The average molecular weight is 245 g/mol. The molecule has 0 saturated carbocycles. The minimum Gasteiger partial charge on any atom is -0.342 e. The molecule has 1 unspecified atom stereocenters. The van der Waals surface area contributed by atoms with Crippen LogP contribution < -0.4 is 5.73 Å². The smallest absolute Gasteiger partial charge is 0.107 e. The molecule has 0 bridgehead atoms. The Morgan fingerprint density at radius 1 is 1.28 bits per heavy atom. The molecule has 0 fully saturated rings. The highest BCUT2D eigenvalue weighted by Crippen LogP contribution is 2.22. The van der Waals surface area contributed by atoms with Crippen molar-refractivity contribution in [1.29, 1.82) is 0 Å². The number of aromatic amines is 1. The second-order valence-electron chi connectivity index (χ2n) is 5.54. The maximum atomic E-state index is 5.62. The van der Waals surface area contributed by atoms with E-state index in [4.69, 9.17) is 5.73 Å². The molecular formula is C15H23N3. The SMILES string of the molecule is CC(C)Cc1nc2ccc(C(C)CCN)cc2[nH]1. The first-order chi connectivity index (χ1) is 8.60. The topological polar surface area (TPSA) is 54.7 Å². The minimum atomic E-state index is 0.510. The first-order valence-corrected chi connectivity index (χ1v) is 6.78. The summed E-state index contributed by atoms with van der Waals surface area (Å²) in [6.45, 7) is 7.38. The van der Waals surface area contributed by atoms with Gasteiger partial charge in [-0.05, 0) is 42.5 Å². The molecule has 2 aromatic rings. The number of imidazole rings is 1. The lowest BCUT2D eigenvalue weighted by Crippen LogP contribution is -2.04. The maximum Gasteiger partial charge on any atom is 0.107 e. The standard InChI is InChI=1S/C15H23N3/c1-10(2)8-15-17-13-5-4-12(9-14(13)18-15)11(3)6-7-16/h4-5,9-11H,6-8,16H2,1-3H3,(H,17,18).